The number of hydrogen-bond donors (Lipinski definition) is 2. The van der Waals surface area contributed by atoms with Gasteiger partial charge in [0.25, 0.3) is 0 Å². The fourth-order valence-corrected chi connectivity index (χ4v) is 0.953. The zero-order chi connectivity index (χ0) is 9.23. The highest BCUT2D eigenvalue weighted by atomic mass is 32.2. The molecule has 0 saturated carbocycles. The first-order valence-electron chi connectivity index (χ1n) is 4.00. The Morgan fingerprint density at radius 3 is 2.83 bits per heavy atom. The molecule has 0 aliphatic rings. The van der Waals surface area contributed by atoms with Crippen LogP contribution in [0.15, 0.2) is 23.6 Å². The van der Waals surface area contributed by atoms with E-state index in [0.29, 0.717) is 0 Å². The van der Waals surface area contributed by atoms with Gasteiger partial charge in [0.2, 0.25) is 0 Å². The van der Waals surface area contributed by atoms with Crippen molar-refractivity contribution < 1.29 is 5.11 Å². The van der Waals surface area contributed by atoms with Gasteiger partial charge in [-0.25, -0.2) is 0 Å². The van der Waals surface area contributed by atoms with E-state index in [0.717, 1.165) is 13.0 Å². The van der Waals surface area contributed by atoms with Gasteiger partial charge in [0.05, 0.1) is 6.10 Å². The molecule has 0 aromatic carbocycles. The monoisotopic (exact) mass is 187 g/mol. The number of hydrogen-bond acceptors (Lipinski definition) is 3. The van der Waals surface area contributed by atoms with Crippen LogP contribution in [0.25, 0.3) is 0 Å². The molecule has 0 rings (SSSR count). The second kappa shape index (κ2) is 8.84. The van der Waals surface area contributed by atoms with Gasteiger partial charge < -0.3 is 10.4 Å². The number of rotatable bonds is 6. The second-order valence-corrected chi connectivity index (χ2v) is 3.15. The van der Waals surface area contributed by atoms with E-state index in [1.165, 1.54) is 0 Å². The van der Waals surface area contributed by atoms with Gasteiger partial charge in [-0.05, 0) is 31.7 Å². The minimum absolute atomic E-state index is 0.330. The maximum Gasteiger partial charge on any atom is 0.0736 e. The highest BCUT2D eigenvalue weighted by Gasteiger charge is 1.94. The number of thioether (sulfide) groups is 1. The van der Waals surface area contributed by atoms with Crippen molar-refractivity contribution in [2.45, 2.75) is 12.5 Å². The Balaban J connectivity index is 3.46. The van der Waals surface area contributed by atoms with Crippen LogP contribution in [0.3, 0.4) is 0 Å². The number of allylic oxidation sites excluding steroid dienone is 2. The Bertz CT molecular complexity index is 145. The molecule has 0 unspecified atom stereocenters. The minimum atomic E-state index is -0.330. The van der Waals surface area contributed by atoms with Crippen LogP contribution in [-0.2, 0) is 0 Å². The SMILES string of the molecule is CNCC[C@H](O)/C=C/C=C\SC. The van der Waals surface area contributed by atoms with Crippen molar-refractivity contribution in [3.05, 3.63) is 23.6 Å². The highest BCUT2D eigenvalue weighted by molar-refractivity contribution is 8.01. The standard InChI is InChI=1S/C9H17NOS/c1-10-7-6-9(11)5-3-4-8-12-2/h3-5,8-11H,6-7H2,1-2H3/b5-3+,8-4-/t9-/m1/s1. The van der Waals surface area contributed by atoms with E-state index in [2.05, 4.69) is 5.32 Å². The smallest absolute Gasteiger partial charge is 0.0736 e. The van der Waals surface area contributed by atoms with Crippen LogP contribution >= 0.6 is 11.8 Å². The summed E-state index contributed by atoms with van der Waals surface area (Å²) in [7, 11) is 1.88. The van der Waals surface area contributed by atoms with Gasteiger partial charge in [-0.2, -0.15) is 0 Å². The van der Waals surface area contributed by atoms with Gasteiger partial charge in [-0.15, -0.1) is 11.8 Å². The van der Waals surface area contributed by atoms with Crippen LogP contribution in [0, 0.1) is 0 Å². The number of nitrogens with one attached hydrogen (secondary N) is 1. The van der Waals surface area contributed by atoms with Crippen LogP contribution in [0.5, 0.6) is 0 Å². The van der Waals surface area contributed by atoms with Crippen molar-refractivity contribution in [1.29, 1.82) is 0 Å². The average molecular weight is 187 g/mol. The van der Waals surface area contributed by atoms with Gasteiger partial charge in [0.15, 0.2) is 0 Å². The molecule has 2 N–H and O–H groups in total. The van der Waals surface area contributed by atoms with E-state index in [1.54, 1.807) is 17.8 Å². The van der Waals surface area contributed by atoms with Crippen LogP contribution in [0.1, 0.15) is 6.42 Å². The third-order valence-corrected chi connectivity index (χ3v) is 1.78. The molecular formula is C9H17NOS. The Morgan fingerprint density at radius 2 is 2.25 bits per heavy atom. The average Bonchev–Trinajstić information content (AvgIpc) is 2.09. The van der Waals surface area contributed by atoms with Gasteiger partial charge in [0, 0.05) is 0 Å². The number of aliphatic hydroxyl groups excluding tert-OH is 1. The molecule has 0 aromatic heterocycles. The molecule has 12 heavy (non-hydrogen) atoms. The van der Waals surface area contributed by atoms with Crippen LogP contribution in [-0.4, -0.2) is 31.1 Å². The number of aliphatic hydroxyl groups is 1. The lowest BCUT2D eigenvalue weighted by molar-refractivity contribution is 0.212. The molecule has 1 atom stereocenters. The van der Waals surface area contributed by atoms with E-state index < -0.39 is 0 Å². The summed E-state index contributed by atoms with van der Waals surface area (Å²) < 4.78 is 0. The van der Waals surface area contributed by atoms with E-state index in [1.807, 2.05) is 30.9 Å². The Hall–Kier alpha value is -0.250. The second-order valence-electron chi connectivity index (χ2n) is 2.41. The molecule has 0 aliphatic heterocycles. The van der Waals surface area contributed by atoms with Gasteiger partial charge >= 0.3 is 0 Å². The summed E-state index contributed by atoms with van der Waals surface area (Å²) in [6, 6.07) is 0. The predicted octanol–water partition coefficient (Wildman–Crippen LogP) is 1.39. The van der Waals surface area contributed by atoms with Crippen LogP contribution in [0.4, 0.5) is 0 Å². The zero-order valence-corrected chi connectivity index (χ0v) is 8.47. The van der Waals surface area contributed by atoms with Crippen molar-refractivity contribution in [2.24, 2.45) is 0 Å². The maximum absolute atomic E-state index is 9.31. The molecule has 0 bridgehead atoms. The summed E-state index contributed by atoms with van der Waals surface area (Å²) in [5.41, 5.74) is 0. The van der Waals surface area contributed by atoms with Gasteiger partial charge in [0.1, 0.15) is 0 Å². The Kier molecular flexibility index (Phi) is 8.66. The summed E-state index contributed by atoms with van der Waals surface area (Å²) in [4.78, 5) is 0. The third kappa shape index (κ3) is 7.85. The van der Waals surface area contributed by atoms with Crippen molar-refractivity contribution in [3.63, 3.8) is 0 Å². The molecule has 0 aromatic rings. The molecule has 0 amide bonds. The minimum Gasteiger partial charge on any atom is -0.389 e. The molecule has 3 heteroatoms. The van der Waals surface area contributed by atoms with Crippen molar-refractivity contribution >= 4 is 11.8 Å². The molecule has 0 heterocycles. The van der Waals surface area contributed by atoms with E-state index >= 15 is 0 Å². The topological polar surface area (TPSA) is 32.3 Å². The zero-order valence-electron chi connectivity index (χ0n) is 7.66. The molecular weight excluding hydrogens is 170 g/mol. The summed E-state index contributed by atoms with van der Waals surface area (Å²) in [6.45, 7) is 0.845. The van der Waals surface area contributed by atoms with E-state index in [-0.39, 0.29) is 6.10 Å². The lowest BCUT2D eigenvalue weighted by atomic mass is 10.2. The quantitative estimate of drug-likeness (QED) is 0.616. The van der Waals surface area contributed by atoms with Crippen LogP contribution in [0.2, 0.25) is 0 Å². The molecule has 70 valence electrons. The summed E-state index contributed by atoms with van der Waals surface area (Å²) in [6.07, 6.45) is 8.03. The summed E-state index contributed by atoms with van der Waals surface area (Å²) in [5, 5.41) is 14.3. The predicted molar refractivity (Wildman–Crippen MR) is 56.3 cm³/mol. The normalized spacial score (nSPS) is 14.6. The van der Waals surface area contributed by atoms with Crippen LogP contribution < -0.4 is 5.32 Å². The first-order valence-corrected chi connectivity index (χ1v) is 5.29. The maximum atomic E-state index is 9.31. The van der Waals surface area contributed by atoms with Gasteiger partial charge in [-0.1, -0.05) is 18.2 Å². The molecule has 0 spiro atoms. The van der Waals surface area contributed by atoms with Crippen molar-refractivity contribution in [3.8, 4) is 0 Å². The Labute approximate surface area is 78.7 Å². The van der Waals surface area contributed by atoms with E-state index in [9.17, 15) is 5.11 Å². The van der Waals surface area contributed by atoms with E-state index in [4.69, 9.17) is 0 Å². The molecule has 0 aliphatic carbocycles. The fourth-order valence-electron chi connectivity index (χ4n) is 0.705. The Morgan fingerprint density at radius 1 is 1.50 bits per heavy atom. The lowest BCUT2D eigenvalue weighted by Gasteiger charge is -2.02. The lowest BCUT2D eigenvalue weighted by Crippen LogP contribution is -2.14. The molecule has 0 radical (unpaired) electrons. The highest BCUT2D eigenvalue weighted by Crippen LogP contribution is 1.96. The third-order valence-electron chi connectivity index (χ3n) is 1.35. The van der Waals surface area contributed by atoms with Gasteiger partial charge in [-0.3, -0.25) is 0 Å². The van der Waals surface area contributed by atoms with Crippen molar-refractivity contribution in [1.82, 2.24) is 5.32 Å². The molecule has 0 fully saturated rings. The molecule has 2 nitrogen and oxygen atoms in total. The fraction of sp³-hybridized carbons (Fsp3) is 0.556. The first-order chi connectivity index (χ1) is 5.81. The van der Waals surface area contributed by atoms with Crippen molar-refractivity contribution in [2.75, 3.05) is 19.8 Å². The largest absolute Gasteiger partial charge is 0.389 e. The summed E-state index contributed by atoms with van der Waals surface area (Å²) in [5.74, 6) is 0. The summed E-state index contributed by atoms with van der Waals surface area (Å²) >= 11 is 1.65. The first kappa shape index (κ1) is 11.8. The molecule has 0 saturated heterocycles.